The second-order valence-corrected chi connectivity index (χ2v) is 10.2. The lowest BCUT2D eigenvalue weighted by atomic mass is 9.88. The lowest BCUT2D eigenvalue weighted by Crippen LogP contribution is -2.29. The first-order valence-electron chi connectivity index (χ1n) is 11.6. The molecule has 4 rings (SSSR count). The number of aromatic nitrogens is 3. The molecule has 0 amide bonds. The SMILES string of the molecule is Cc1ccc(-n2cccc(C(C)(C)C)c2=O)cc1-n1c(C)cc(OCc2ncc(F)cc2F)c(Cl)c1=O. The number of hydrogen-bond donors (Lipinski definition) is 0. The summed E-state index contributed by atoms with van der Waals surface area (Å²) in [6.07, 6.45) is 2.57. The number of halogens is 3. The minimum atomic E-state index is -0.862. The molecule has 3 aromatic heterocycles. The molecule has 3 heterocycles. The number of benzene rings is 1. The molecule has 1 aromatic carbocycles. The van der Waals surface area contributed by atoms with Gasteiger partial charge in [-0.1, -0.05) is 44.5 Å². The van der Waals surface area contributed by atoms with E-state index in [1.165, 1.54) is 4.57 Å². The van der Waals surface area contributed by atoms with E-state index in [0.29, 0.717) is 28.7 Å². The number of hydrogen-bond acceptors (Lipinski definition) is 4. The van der Waals surface area contributed by atoms with Crippen molar-refractivity contribution in [1.29, 1.82) is 0 Å². The molecule has 0 saturated heterocycles. The van der Waals surface area contributed by atoms with Crippen molar-refractivity contribution < 1.29 is 13.5 Å². The molecule has 0 saturated carbocycles. The molecule has 0 aliphatic rings. The number of ether oxygens (including phenoxy) is 1. The average Bonchev–Trinajstić information content (AvgIpc) is 2.82. The van der Waals surface area contributed by atoms with Crippen LogP contribution in [-0.4, -0.2) is 14.1 Å². The Balaban J connectivity index is 1.76. The van der Waals surface area contributed by atoms with Gasteiger partial charge in [0.25, 0.3) is 11.1 Å². The highest BCUT2D eigenvalue weighted by Crippen LogP contribution is 2.27. The Bertz CT molecular complexity index is 1620. The zero-order valence-electron chi connectivity index (χ0n) is 21.1. The lowest BCUT2D eigenvalue weighted by Gasteiger charge is -2.20. The summed E-state index contributed by atoms with van der Waals surface area (Å²) < 4.78 is 35.6. The summed E-state index contributed by atoms with van der Waals surface area (Å²) in [4.78, 5) is 30.2. The summed E-state index contributed by atoms with van der Waals surface area (Å²) in [5.41, 5.74) is 1.97. The van der Waals surface area contributed by atoms with Gasteiger partial charge in [0.2, 0.25) is 0 Å². The number of nitrogens with zero attached hydrogens (tertiary/aromatic N) is 3. The van der Waals surface area contributed by atoms with E-state index in [1.807, 2.05) is 52.0 Å². The molecular formula is C28H26ClF2N3O3. The van der Waals surface area contributed by atoms with Crippen LogP contribution in [0.4, 0.5) is 8.78 Å². The van der Waals surface area contributed by atoms with Crippen LogP contribution in [0, 0.1) is 25.5 Å². The first-order valence-corrected chi connectivity index (χ1v) is 11.9. The van der Waals surface area contributed by atoms with Crippen molar-refractivity contribution in [3.8, 4) is 17.1 Å². The van der Waals surface area contributed by atoms with Gasteiger partial charge in [-0.15, -0.1) is 0 Å². The van der Waals surface area contributed by atoms with Gasteiger partial charge in [0.1, 0.15) is 28.9 Å². The molecule has 9 heteroatoms. The number of aryl methyl sites for hydroxylation is 2. The molecule has 0 aliphatic heterocycles. The fraction of sp³-hybridized carbons (Fsp3) is 0.250. The molecular weight excluding hydrogens is 500 g/mol. The predicted octanol–water partition coefficient (Wildman–Crippen LogP) is 5.81. The van der Waals surface area contributed by atoms with Crippen LogP contribution in [0.3, 0.4) is 0 Å². The van der Waals surface area contributed by atoms with Crippen LogP contribution in [0.1, 0.15) is 43.3 Å². The van der Waals surface area contributed by atoms with Gasteiger partial charge in [-0.2, -0.15) is 0 Å². The minimum absolute atomic E-state index is 0.0499. The fourth-order valence-corrected chi connectivity index (χ4v) is 4.23. The van der Waals surface area contributed by atoms with Crippen molar-refractivity contribution in [2.45, 2.75) is 46.6 Å². The van der Waals surface area contributed by atoms with E-state index < -0.39 is 17.2 Å². The van der Waals surface area contributed by atoms with Gasteiger partial charge >= 0.3 is 0 Å². The molecule has 4 aromatic rings. The number of rotatable bonds is 5. The van der Waals surface area contributed by atoms with Crippen molar-refractivity contribution in [3.05, 3.63) is 115 Å². The monoisotopic (exact) mass is 525 g/mol. The smallest absolute Gasteiger partial charge is 0.277 e. The first kappa shape index (κ1) is 26.3. The second kappa shape index (κ2) is 9.94. The van der Waals surface area contributed by atoms with E-state index in [0.717, 1.165) is 11.8 Å². The Morgan fingerprint density at radius 3 is 2.43 bits per heavy atom. The van der Waals surface area contributed by atoms with Crippen LogP contribution in [0.25, 0.3) is 11.4 Å². The highest BCUT2D eigenvalue weighted by atomic mass is 35.5. The van der Waals surface area contributed by atoms with Crippen LogP contribution < -0.4 is 15.9 Å². The van der Waals surface area contributed by atoms with Crippen molar-refractivity contribution in [3.63, 3.8) is 0 Å². The van der Waals surface area contributed by atoms with Gasteiger partial charge in [0.05, 0.1) is 17.6 Å². The molecule has 0 N–H and O–H groups in total. The molecule has 0 spiro atoms. The molecule has 37 heavy (non-hydrogen) atoms. The Hall–Kier alpha value is -3.78. The van der Waals surface area contributed by atoms with E-state index in [-0.39, 0.29) is 34.0 Å². The Kier molecular flexibility index (Phi) is 7.06. The third-order valence-corrected chi connectivity index (χ3v) is 6.36. The summed E-state index contributed by atoms with van der Waals surface area (Å²) in [7, 11) is 0. The van der Waals surface area contributed by atoms with Crippen molar-refractivity contribution >= 4 is 11.6 Å². The highest BCUT2D eigenvalue weighted by Gasteiger charge is 2.20. The largest absolute Gasteiger partial charge is 0.485 e. The lowest BCUT2D eigenvalue weighted by molar-refractivity contribution is 0.292. The van der Waals surface area contributed by atoms with E-state index in [4.69, 9.17) is 16.3 Å². The Labute approximate surface area is 217 Å². The van der Waals surface area contributed by atoms with Crippen molar-refractivity contribution in [2.24, 2.45) is 0 Å². The molecule has 0 radical (unpaired) electrons. The van der Waals surface area contributed by atoms with Gasteiger partial charge < -0.3 is 4.74 Å². The normalized spacial score (nSPS) is 11.6. The predicted molar refractivity (Wildman–Crippen MR) is 139 cm³/mol. The number of pyridine rings is 3. The van der Waals surface area contributed by atoms with Crippen molar-refractivity contribution in [2.75, 3.05) is 0 Å². The van der Waals surface area contributed by atoms with Gasteiger partial charge in [-0.3, -0.25) is 23.7 Å². The summed E-state index contributed by atoms with van der Waals surface area (Å²) >= 11 is 6.37. The highest BCUT2D eigenvalue weighted by molar-refractivity contribution is 6.31. The van der Waals surface area contributed by atoms with E-state index in [9.17, 15) is 18.4 Å². The average molecular weight is 526 g/mol. The minimum Gasteiger partial charge on any atom is -0.485 e. The van der Waals surface area contributed by atoms with E-state index >= 15 is 0 Å². The summed E-state index contributed by atoms with van der Waals surface area (Å²) in [6, 6.07) is 11.3. The van der Waals surface area contributed by atoms with Crippen LogP contribution in [0.15, 0.2) is 64.4 Å². The maximum Gasteiger partial charge on any atom is 0.277 e. The molecule has 0 atom stereocenters. The second-order valence-electron chi connectivity index (χ2n) is 9.79. The van der Waals surface area contributed by atoms with Crippen LogP contribution >= 0.6 is 11.6 Å². The topological polar surface area (TPSA) is 66.1 Å². The van der Waals surface area contributed by atoms with Gasteiger partial charge in [0.15, 0.2) is 5.82 Å². The zero-order valence-corrected chi connectivity index (χ0v) is 21.9. The molecule has 6 nitrogen and oxygen atoms in total. The fourth-order valence-electron chi connectivity index (χ4n) is 4.04. The van der Waals surface area contributed by atoms with Crippen LogP contribution in [0.5, 0.6) is 5.75 Å². The molecule has 0 fully saturated rings. The summed E-state index contributed by atoms with van der Waals surface area (Å²) in [5.74, 6) is -1.61. The zero-order chi connectivity index (χ0) is 27.1. The van der Waals surface area contributed by atoms with Crippen LogP contribution in [-0.2, 0) is 12.0 Å². The first-order chi connectivity index (χ1) is 17.4. The van der Waals surface area contributed by atoms with Crippen LogP contribution in [0.2, 0.25) is 5.02 Å². The Morgan fingerprint density at radius 1 is 1.03 bits per heavy atom. The quantitative estimate of drug-likeness (QED) is 0.330. The van der Waals surface area contributed by atoms with Crippen molar-refractivity contribution in [1.82, 2.24) is 14.1 Å². The third-order valence-electron chi connectivity index (χ3n) is 6.02. The molecule has 0 unspecified atom stereocenters. The van der Waals surface area contributed by atoms with Gasteiger partial charge in [0, 0.05) is 29.6 Å². The summed E-state index contributed by atoms with van der Waals surface area (Å²) in [6.45, 7) is 9.15. The third kappa shape index (κ3) is 5.20. The van der Waals surface area contributed by atoms with Gasteiger partial charge in [-0.05, 0) is 43.0 Å². The molecule has 192 valence electrons. The summed E-state index contributed by atoms with van der Waals surface area (Å²) in [5, 5.41) is -0.204. The van der Waals surface area contributed by atoms with E-state index in [2.05, 4.69) is 4.98 Å². The van der Waals surface area contributed by atoms with Gasteiger partial charge in [-0.25, -0.2) is 8.78 Å². The maximum absolute atomic E-state index is 13.9. The van der Waals surface area contributed by atoms with E-state index in [1.54, 1.807) is 29.8 Å². The molecule has 0 aliphatic carbocycles. The standard InChI is InChI=1S/C28H26ClF2N3O3/c1-16-8-9-19(33-10-6-7-20(26(33)35)28(3,4)5)13-23(16)34-17(2)11-24(25(29)27(34)36)37-15-22-21(31)12-18(30)14-32-22/h6-14H,15H2,1-5H3. The molecule has 0 bridgehead atoms. The Morgan fingerprint density at radius 2 is 1.76 bits per heavy atom. The maximum atomic E-state index is 13.9.